The van der Waals surface area contributed by atoms with Crippen LogP contribution in [0.15, 0.2) is 59.5 Å². The first-order valence-corrected chi connectivity index (χ1v) is 8.71. The number of rotatable bonds is 7. The summed E-state index contributed by atoms with van der Waals surface area (Å²) in [4.78, 5) is 24.6. The maximum absolute atomic E-state index is 12.1. The minimum Gasteiger partial charge on any atom is -0.469 e. The Morgan fingerprint density at radius 1 is 1.08 bits per heavy atom. The van der Waals surface area contributed by atoms with E-state index in [1.165, 1.54) is 12.0 Å². The van der Waals surface area contributed by atoms with E-state index in [-0.39, 0.29) is 24.3 Å². The van der Waals surface area contributed by atoms with Crippen molar-refractivity contribution < 1.29 is 14.3 Å². The van der Waals surface area contributed by atoms with Crippen LogP contribution in [0.25, 0.3) is 0 Å². The average Bonchev–Trinajstić information content (AvgIpc) is 2.61. The number of thioether (sulfide) groups is 1. The van der Waals surface area contributed by atoms with Crippen LogP contribution in [0.4, 0.5) is 0 Å². The van der Waals surface area contributed by atoms with Crippen LogP contribution in [0.2, 0.25) is 0 Å². The lowest BCUT2D eigenvalue weighted by atomic mass is 10.1. The third kappa shape index (κ3) is 5.74. The molecule has 0 saturated heterocycles. The molecule has 1 unspecified atom stereocenters. The highest BCUT2D eigenvalue weighted by Gasteiger charge is 2.13. The van der Waals surface area contributed by atoms with Gasteiger partial charge in [-0.05, 0) is 36.8 Å². The smallest absolute Gasteiger partial charge is 0.307 e. The van der Waals surface area contributed by atoms with E-state index >= 15 is 0 Å². The van der Waals surface area contributed by atoms with Crippen molar-refractivity contribution in [2.45, 2.75) is 30.0 Å². The number of hydrogen-bond acceptors (Lipinski definition) is 4. The summed E-state index contributed by atoms with van der Waals surface area (Å²) in [6, 6.07) is 17.5. The fourth-order valence-corrected chi connectivity index (χ4v) is 3.00. The monoisotopic (exact) mass is 343 g/mol. The molecule has 0 aromatic heterocycles. The summed E-state index contributed by atoms with van der Waals surface area (Å²) in [6.45, 7) is 1.78. The number of methoxy groups -OCH3 is 1. The fraction of sp³-hybridized carbons (Fsp3) is 0.263. The Labute approximate surface area is 146 Å². The van der Waals surface area contributed by atoms with E-state index in [0.717, 1.165) is 11.3 Å². The summed E-state index contributed by atoms with van der Waals surface area (Å²) in [5.74, 6) is 0.328. The van der Waals surface area contributed by atoms with Gasteiger partial charge >= 0.3 is 5.97 Å². The van der Waals surface area contributed by atoms with Gasteiger partial charge in [-0.1, -0.05) is 30.3 Å². The van der Waals surface area contributed by atoms with Crippen molar-refractivity contribution in [1.29, 1.82) is 0 Å². The SMILES string of the molecule is COC(=O)CC(C)NC(=O)c1ccc(CSc2ccccc2)cc1. The molecule has 5 heteroatoms. The molecule has 0 heterocycles. The van der Waals surface area contributed by atoms with E-state index in [0.29, 0.717) is 5.56 Å². The predicted octanol–water partition coefficient (Wildman–Crippen LogP) is 3.66. The van der Waals surface area contributed by atoms with Crippen molar-refractivity contribution in [1.82, 2.24) is 5.32 Å². The minimum atomic E-state index is -0.337. The summed E-state index contributed by atoms with van der Waals surface area (Å²) < 4.78 is 4.59. The summed E-state index contributed by atoms with van der Waals surface area (Å²) in [5.41, 5.74) is 1.74. The molecule has 24 heavy (non-hydrogen) atoms. The van der Waals surface area contributed by atoms with Gasteiger partial charge in [0, 0.05) is 22.3 Å². The van der Waals surface area contributed by atoms with Gasteiger partial charge < -0.3 is 10.1 Å². The van der Waals surface area contributed by atoms with Crippen LogP contribution < -0.4 is 5.32 Å². The lowest BCUT2D eigenvalue weighted by Crippen LogP contribution is -2.34. The molecule has 1 N–H and O–H groups in total. The zero-order chi connectivity index (χ0) is 17.4. The third-order valence-electron chi connectivity index (χ3n) is 3.44. The molecular formula is C19H21NO3S. The standard InChI is InChI=1S/C19H21NO3S/c1-14(12-18(21)23-2)20-19(22)16-10-8-15(9-11-16)13-24-17-6-4-3-5-7-17/h3-11,14H,12-13H2,1-2H3,(H,20,22). The molecule has 0 fully saturated rings. The summed E-state index contributed by atoms with van der Waals surface area (Å²) in [5, 5.41) is 2.79. The molecule has 0 bridgehead atoms. The van der Waals surface area contributed by atoms with Crippen molar-refractivity contribution in [3.63, 3.8) is 0 Å². The Balaban J connectivity index is 1.86. The van der Waals surface area contributed by atoms with Crippen LogP contribution in [0.5, 0.6) is 0 Å². The zero-order valence-corrected chi connectivity index (χ0v) is 14.6. The van der Waals surface area contributed by atoms with Crippen LogP contribution in [-0.4, -0.2) is 25.0 Å². The first-order valence-electron chi connectivity index (χ1n) is 7.73. The normalized spacial score (nSPS) is 11.6. The van der Waals surface area contributed by atoms with Gasteiger partial charge in [0.05, 0.1) is 13.5 Å². The molecule has 2 aromatic rings. The van der Waals surface area contributed by atoms with Crippen LogP contribution in [0.1, 0.15) is 29.3 Å². The first kappa shape index (κ1) is 18.1. The molecule has 1 amide bonds. The molecule has 2 rings (SSSR count). The molecule has 1 atom stereocenters. The van der Waals surface area contributed by atoms with Gasteiger partial charge in [-0.3, -0.25) is 9.59 Å². The Hall–Kier alpha value is -2.27. The number of nitrogens with one attached hydrogen (secondary N) is 1. The molecule has 0 aliphatic heterocycles. The van der Waals surface area contributed by atoms with Gasteiger partial charge in [0.2, 0.25) is 0 Å². The maximum Gasteiger partial charge on any atom is 0.307 e. The number of carbonyl (C=O) groups is 2. The Morgan fingerprint density at radius 2 is 1.75 bits per heavy atom. The molecule has 0 radical (unpaired) electrons. The second-order valence-corrected chi connectivity index (χ2v) is 6.50. The van der Waals surface area contributed by atoms with Crippen LogP contribution >= 0.6 is 11.8 Å². The Kier molecular flexibility index (Phi) is 6.88. The number of ether oxygens (including phenoxy) is 1. The number of carbonyl (C=O) groups excluding carboxylic acids is 2. The number of benzene rings is 2. The van der Waals surface area contributed by atoms with Crippen LogP contribution in [-0.2, 0) is 15.3 Å². The van der Waals surface area contributed by atoms with Crippen molar-refractivity contribution >= 4 is 23.6 Å². The van der Waals surface area contributed by atoms with E-state index in [4.69, 9.17) is 0 Å². The highest BCUT2D eigenvalue weighted by molar-refractivity contribution is 7.98. The molecule has 0 aliphatic carbocycles. The predicted molar refractivity (Wildman–Crippen MR) is 96.0 cm³/mol. The molecule has 126 valence electrons. The lowest BCUT2D eigenvalue weighted by Gasteiger charge is -2.12. The average molecular weight is 343 g/mol. The second-order valence-electron chi connectivity index (χ2n) is 5.45. The fourth-order valence-electron chi connectivity index (χ4n) is 2.13. The van der Waals surface area contributed by atoms with E-state index in [1.54, 1.807) is 30.8 Å². The topological polar surface area (TPSA) is 55.4 Å². The van der Waals surface area contributed by atoms with Crippen molar-refractivity contribution in [3.8, 4) is 0 Å². The lowest BCUT2D eigenvalue weighted by molar-refractivity contribution is -0.141. The summed E-state index contributed by atoms with van der Waals surface area (Å²) >= 11 is 1.76. The van der Waals surface area contributed by atoms with Crippen molar-refractivity contribution in [2.24, 2.45) is 0 Å². The van der Waals surface area contributed by atoms with Crippen LogP contribution in [0.3, 0.4) is 0 Å². The molecule has 0 saturated carbocycles. The highest BCUT2D eigenvalue weighted by atomic mass is 32.2. The van der Waals surface area contributed by atoms with Crippen molar-refractivity contribution in [2.75, 3.05) is 7.11 Å². The highest BCUT2D eigenvalue weighted by Crippen LogP contribution is 2.22. The van der Waals surface area contributed by atoms with E-state index in [1.807, 2.05) is 30.3 Å². The van der Waals surface area contributed by atoms with Gasteiger partial charge in [-0.2, -0.15) is 0 Å². The largest absolute Gasteiger partial charge is 0.469 e. The second kappa shape index (κ2) is 9.13. The third-order valence-corrected chi connectivity index (χ3v) is 4.53. The molecule has 4 nitrogen and oxygen atoms in total. The zero-order valence-electron chi connectivity index (χ0n) is 13.8. The molecule has 0 aliphatic rings. The first-order chi connectivity index (χ1) is 11.6. The van der Waals surface area contributed by atoms with Crippen molar-refractivity contribution in [3.05, 3.63) is 65.7 Å². The summed E-state index contributed by atoms with van der Waals surface area (Å²) in [7, 11) is 1.34. The minimum absolute atomic E-state index is 0.161. The van der Waals surface area contributed by atoms with E-state index in [9.17, 15) is 9.59 Å². The van der Waals surface area contributed by atoms with E-state index in [2.05, 4.69) is 22.2 Å². The summed E-state index contributed by atoms with van der Waals surface area (Å²) in [6.07, 6.45) is 0.161. The number of amides is 1. The van der Waals surface area contributed by atoms with E-state index < -0.39 is 0 Å². The molecular weight excluding hydrogens is 322 g/mol. The Morgan fingerprint density at radius 3 is 2.38 bits per heavy atom. The quantitative estimate of drug-likeness (QED) is 0.616. The van der Waals surface area contributed by atoms with Crippen LogP contribution in [0, 0.1) is 0 Å². The number of hydrogen-bond donors (Lipinski definition) is 1. The molecule has 0 spiro atoms. The Bertz CT molecular complexity index is 671. The number of esters is 1. The van der Waals surface area contributed by atoms with Gasteiger partial charge in [0.1, 0.15) is 0 Å². The van der Waals surface area contributed by atoms with Gasteiger partial charge in [0.25, 0.3) is 5.91 Å². The van der Waals surface area contributed by atoms with Gasteiger partial charge in [-0.15, -0.1) is 11.8 Å². The maximum atomic E-state index is 12.1. The van der Waals surface area contributed by atoms with Gasteiger partial charge in [-0.25, -0.2) is 0 Å². The molecule has 2 aromatic carbocycles. The van der Waals surface area contributed by atoms with Gasteiger partial charge in [0.15, 0.2) is 0 Å².